The van der Waals surface area contributed by atoms with Gasteiger partial charge in [-0.3, -0.25) is 14.1 Å². The van der Waals surface area contributed by atoms with Crippen molar-refractivity contribution in [1.29, 1.82) is 0 Å². The van der Waals surface area contributed by atoms with Gasteiger partial charge in [0.1, 0.15) is 11.7 Å². The molecule has 0 aliphatic carbocycles. The van der Waals surface area contributed by atoms with Crippen molar-refractivity contribution in [2.45, 2.75) is 31.5 Å². The maximum Gasteiger partial charge on any atom is 0.362 e. The maximum atomic E-state index is 12.7. The number of rotatable bonds is 9. The Morgan fingerprint density at radius 1 is 1.47 bits per heavy atom. The summed E-state index contributed by atoms with van der Waals surface area (Å²) in [5, 5.41) is 19.1. The number of aromatic nitrogens is 1. The molecule has 0 saturated carbocycles. The van der Waals surface area contributed by atoms with Crippen LogP contribution in [-0.2, 0) is 29.5 Å². The summed E-state index contributed by atoms with van der Waals surface area (Å²) in [6, 6.07) is -2.40. The minimum Gasteiger partial charge on any atom is -0.478 e. The van der Waals surface area contributed by atoms with Crippen LogP contribution in [0.15, 0.2) is 10.5 Å². The van der Waals surface area contributed by atoms with Crippen LogP contribution in [0.1, 0.15) is 19.5 Å². The van der Waals surface area contributed by atoms with Gasteiger partial charge in [0.15, 0.2) is 10.8 Å². The van der Waals surface area contributed by atoms with E-state index in [4.69, 9.17) is 15.7 Å². The van der Waals surface area contributed by atoms with Crippen molar-refractivity contribution in [1.82, 2.24) is 19.9 Å². The third kappa shape index (κ3) is 4.84. The molecule has 2 atom stereocenters. The Balaban J connectivity index is 2.30. The van der Waals surface area contributed by atoms with Crippen LogP contribution < -0.4 is 16.4 Å². The Bertz CT molecular complexity index is 988. The van der Waals surface area contributed by atoms with Gasteiger partial charge in [-0.05, 0) is 20.9 Å². The number of nitrogen functional groups attached to an aromatic ring is 1. The van der Waals surface area contributed by atoms with Crippen molar-refractivity contribution < 1.29 is 37.3 Å². The van der Waals surface area contributed by atoms with Crippen LogP contribution in [0.25, 0.3) is 0 Å². The van der Waals surface area contributed by atoms with E-state index in [1.165, 1.54) is 26.3 Å². The molecule has 1 aliphatic heterocycles. The third-order valence-electron chi connectivity index (χ3n) is 3.98. The Kier molecular flexibility index (Phi) is 6.65. The van der Waals surface area contributed by atoms with E-state index in [0.29, 0.717) is 0 Å². The van der Waals surface area contributed by atoms with E-state index in [-0.39, 0.29) is 21.7 Å². The highest BCUT2D eigenvalue weighted by Gasteiger charge is 2.53. The minimum absolute atomic E-state index is 0.0419. The van der Waals surface area contributed by atoms with Crippen molar-refractivity contribution >= 4 is 50.3 Å². The number of oxime groups is 1. The molecular formula is C14H20N6O8S2. The first kappa shape index (κ1) is 23.5. The van der Waals surface area contributed by atoms with Crippen LogP contribution in [0.5, 0.6) is 0 Å². The summed E-state index contributed by atoms with van der Waals surface area (Å²) in [7, 11) is -3.34. The number of carboxylic acid groups (broad SMARTS) is 1. The largest absolute Gasteiger partial charge is 0.478 e. The number of nitrogens with zero attached hydrogens (tertiary/aromatic N) is 3. The summed E-state index contributed by atoms with van der Waals surface area (Å²) in [6.45, 7) is 2.34. The van der Waals surface area contributed by atoms with Gasteiger partial charge in [-0.15, -0.1) is 11.3 Å². The van der Waals surface area contributed by atoms with E-state index in [1.54, 1.807) is 0 Å². The quantitative estimate of drug-likeness (QED) is 0.117. The molecule has 0 spiro atoms. The van der Waals surface area contributed by atoms with Gasteiger partial charge in [0, 0.05) is 11.9 Å². The average molecular weight is 464 g/mol. The number of carboxylic acids is 1. The molecule has 1 aromatic heterocycles. The van der Waals surface area contributed by atoms with Crippen molar-refractivity contribution in [3.63, 3.8) is 0 Å². The molecule has 1 unspecified atom stereocenters. The molecule has 2 heterocycles. The molecule has 2 rings (SSSR count). The number of amides is 2. The van der Waals surface area contributed by atoms with E-state index in [0.717, 1.165) is 11.3 Å². The lowest BCUT2D eigenvalue weighted by Crippen LogP contribution is -2.74. The molecule has 2 amide bonds. The summed E-state index contributed by atoms with van der Waals surface area (Å²) >= 11 is 0.978. The molecule has 166 valence electrons. The summed E-state index contributed by atoms with van der Waals surface area (Å²) in [6.07, 6.45) is 0. The minimum atomic E-state index is -4.82. The Labute approximate surface area is 175 Å². The first-order valence-corrected chi connectivity index (χ1v) is 10.5. The van der Waals surface area contributed by atoms with Gasteiger partial charge in [0.2, 0.25) is 5.60 Å². The second-order valence-corrected chi connectivity index (χ2v) is 8.78. The topological polar surface area (TPSA) is 214 Å². The van der Waals surface area contributed by atoms with Gasteiger partial charge in [0.25, 0.3) is 11.8 Å². The van der Waals surface area contributed by atoms with Crippen molar-refractivity contribution in [2.24, 2.45) is 5.16 Å². The monoisotopic (exact) mass is 464 g/mol. The van der Waals surface area contributed by atoms with Gasteiger partial charge < -0.3 is 26.3 Å². The standard InChI is InChI=1S/C14H20N6O8S2/c1-14(2,12(23)24)28-19-8(6-5-29-13(15)17-6)10(21)18-9-7(4-16-3)20(11(9)22)30(25,26)27/h5,7,9,16H,4H2,1-3H3,(H2,15,17)(H,18,21)(H,23,24)(H,25,26,27)/b19-8-/t7-,9?/m1/s1. The first-order valence-electron chi connectivity index (χ1n) is 8.26. The van der Waals surface area contributed by atoms with E-state index >= 15 is 0 Å². The molecule has 1 fully saturated rings. The summed E-state index contributed by atoms with van der Waals surface area (Å²) in [5.41, 5.74) is 3.26. The van der Waals surface area contributed by atoms with Crippen molar-refractivity contribution in [3.8, 4) is 0 Å². The maximum absolute atomic E-state index is 12.7. The average Bonchev–Trinajstić information content (AvgIpc) is 3.04. The van der Waals surface area contributed by atoms with Crippen molar-refractivity contribution in [2.75, 3.05) is 19.3 Å². The number of carbonyl (C=O) groups excluding carboxylic acids is 2. The zero-order valence-corrected chi connectivity index (χ0v) is 17.7. The number of anilines is 1. The highest BCUT2D eigenvalue weighted by atomic mass is 32.2. The highest BCUT2D eigenvalue weighted by Crippen LogP contribution is 2.23. The van der Waals surface area contributed by atoms with Crippen LogP contribution in [0.2, 0.25) is 0 Å². The number of aliphatic carboxylic acids is 1. The zero-order chi connectivity index (χ0) is 22.9. The molecule has 16 heteroatoms. The van der Waals surface area contributed by atoms with Gasteiger partial charge in [-0.1, -0.05) is 5.16 Å². The lowest BCUT2D eigenvalue weighted by Gasteiger charge is -2.44. The number of carbonyl (C=O) groups is 3. The molecule has 6 N–H and O–H groups in total. The summed E-state index contributed by atoms with van der Waals surface area (Å²) < 4.78 is 32.2. The Morgan fingerprint density at radius 2 is 2.10 bits per heavy atom. The Morgan fingerprint density at radius 3 is 2.57 bits per heavy atom. The van der Waals surface area contributed by atoms with E-state index < -0.39 is 51.5 Å². The van der Waals surface area contributed by atoms with Crippen molar-refractivity contribution in [3.05, 3.63) is 11.1 Å². The zero-order valence-electron chi connectivity index (χ0n) is 16.0. The molecule has 0 aromatic carbocycles. The third-order valence-corrected chi connectivity index (χ3v) is 5.60. The predicted octanol–water partition coefficient (Wildman–Crippen LogP) is -1.97. The van der Waals surface area contributed by atoms with E-state index in [1.807, 2.05) is 0 Å². The second-order valence-electron chi connectivity index (χ2n) is 6.61. The lowest BCUT2D eigenvalue weighted by molar-refractivity contribution is -0.161. The lowest BCUT2D eigenvalue weighted by atomic mass is 9.98. The van der Waals surface area contributed by atoms with Gasteiger partial charge in [-0.25, -0.2) is 14.1 Å². The number of hydrogen-bond acceptors (Lipinski definition) is 11. The highest BCUT2D eigenvalue weighted by molar-refractivity contribution is 7.84. The normalized spacial score (nSPS) is 19.9. The fraction of sp³-hybridized carbons (Fsp3) is 0.500. The fourth-order valence-corrected chi connectivity index (χ4v) is 3.81. The van der Waals surface area contributed by atoms with Gasteiger partial charge in [-0.2, -0.15) is 8.42 Å². The number of thiazole rings is 1. The Hall–Kier alpha value is -2.82. The van der Waals surface area contributed by atoms with E-state index in [9.17, 15) is 27.4 Å². The fourth-order valence-electron chi connectivity index (χ4n) is 2.38. The predicted molar refractivity (Wildman–Crippen MR) is 104 cm³/mol. The number of hydrogen-bond donors (Lipinski definition) is 5. The molecule has 14 nitrogen and oxygen atoms in total. The van der Waals surface area contributed by atoms with Crippen LogP contribution in [0.4, 0.5) is 5.13 Å². The summed E-state index contributed by atoms with van der Waals surface area (Å²) in [4.78, 5) is 45.0. The molecule has 1 saturated heterocycles. The van der Waals surface area contributed by atoms with Crippen LogP contribution >= 0.6 is 11.3 Å². The van der Waals surface area contributed by atoms with Crippen LogP contribution in [0.3, 0.4) is 0 Å². The molecule has 0 radical (unpaired) electrons. The second kappa shape index (κ2) is 8.50. The first-order chi connectivity index (χ1) is 13.8. The number of β-lactam (4-membered cyclic amide) rings is 1. The number of likely N-dealkylation sites (N-methyl/N-ethyl adjacent to an activating group) is 1. The molecule has 0 bridgehead atoms. The summed E-state index contributed by atoms with van der Waals surface area (Å²) in [5.74, 6) is -3.40. The number of nitrogens with one attached hydrogen (secondary N) is 2. The smallest absolute Gasteiger partial charge is 0.362 e. The van der Waals surface area contributed by atoms with Crippen LogP contribution in [-0.4, -0.2) is 82.1 Å². The van der Waals surface area contributed by atoms with Gasteiger partial charge in [0.05, 0.1) is 6.04 Å². The number of nitrogens with two attached hydrogens (primary N) is 1. The SMILES string of the molecule is CNC[C@@H]1C(NC(=O)/C(=N\OC(C)(C)C(=O)O)c2csc(N)n2)C(=O)N1S(=O)(=O)O. The molecule has 30 heavy (non-hydrogen) atoms. The molecular weight excluding hydrogens is 444 g/mol. The van der Waals surface area contributed by atoms with Crippen LogP contribution in [0, 0.1) is 0 Å². The molecule has 1 aromatic rings. The van der Waals surface area contributed by atoms with E-state index in [2.05, 4.69) is 20.8 Å². The molecule has 1 aliphatic rings. The van der Waals surface area contributed by atoms with Gasteiger partial charge >= 0.3 is 16.3 Å².